The van der Waals surface area contributed by atoms with Crippen molar-refractivity contribution in [2.24, 2.45) is 0 Å². The van der Waals surface area contributed by atoms with Crippen molar-refractivity contribution in [1.29, 1.82) is 0 Å². The topological polar surface area (TPSA) is 413 Å². The number of aliphatic hydroxyl groups excluding tert-OH is 1. The molecule has 9 unspecified atom stereocenters. The molecule has 2 fully saturated rings. The molecular weight excluding hydrogens is 770 g/mol. The Balaban J connectivity index is 1.52. The molecule has 9 atom stereocenters. The predicted molar refractivity (Wildman–Crippen MR) is 154 cm³/mol. The van der Waals surface area contributed by atoms with E-state index in [1.165, 1.54) is 0 Å². The number of phosphoric acid groups is 3. The first-order chi connectivity index (χ1) is 23.0. The van der Waals surface area contributed by atoms with Crippen LogP contribution >= 0.6 is 31.1 Å². The maximum absolute atomic E-state index is 14.0. The predicted octanol–water partition coefficient (Wildman–Crippen LogP) is -3.53. The molecule has 50 heavy (non-hydrogen) atoms. The van der Waals surface area contributed by atoms with Gasteiger partial charge in [0.15, 0.2) is 17.7 Å². The van der Waals surface area contributed by atoms with E-state index < -0.39 is 104 Å². The molecule has 5 heterocycles. The number of aromatic nitrogens is 6. The molecule has 0 bridgehead atoms. The molecule has 3 aromatic rings. The summed E-state index contributed by atoms with van der Waals surface area (Å²) in [5.74, 6) is -0.102. The van der Waals surface area contributed by atoms with Gasteiger partial charge in [-0.2, -0.15) is 0 Å². The van der Waals surface area contributed by atoms with Gasteiger partial charge in [0.2, 0.25) is 5.34 Å². The first kappa shape index (κ1) is 38.6. The lowest BCUT2D eigenvalue weighted by atomic mass is 10.1. The van der Waals surface area contributed by atoms with Crippen molar-refractivity contribution in [3.63, 3.8) is 0 Å². The lowest BCUT2D eigenvalue weighted by molar-refractivity contribution is -0.227. The van der Waals surface area contributed by atoms with Crippen LogP contribution in [0, 0.1) is 0 Å². The summed E-state index contributed by atoms with van der Waals surface area (Å²) < 4.78 is 80.8. The van der Waals surface area contributed by atoms with Crippen molar-refractivity contribution < 1.29 is 85.2 Å². The molecule has 31 heteroatoms. The number of nitrogens with one attached hydrogen (secondary N) is 1. The van der Waals surface area contributed by atoms with E-state index in [0.717, 1.165) is 29.5 Å². The molecule has 0 radical (unpaired) electrons. The van der Waals surface area contributed by atoms with Crippen LogP contribution in [0.15, 0.2) is 34.5 Å². The van der Waals surface area contributed by atoms with Gasteiger partial charge < -0.3 is 63.6 Å². The number of ether oxygens (including phenoxy) is 2. The van der Waals surface area contributed by atoms with Crippen LogP contribution in [0.2, 0.25) is 0 Å². The minimum absolute atomic E-state index is 0.0161. The van der Waals surface area contributed by atoms with Crippen molar-refractivity contribution in [3.8, 4) is 0 Å². The highest BCUT2D eigenvalue weighted by atomic mass is 31.2. The van der Waals surface area contributed by atoms with Crippen LogP contribution in [0.25, 0.3) is 11.2 Å². The molecule has 2 aliphatic rings. The molecule has 10 N–H and O–H groups in total. The van der Waals surface area contributed by atoms with E-state index in [-0.39, 0.29) is 17.0 Å². The minimum atomic E-state index is -5.91. The van der Waals surface area contributed by atoms with Gasteiger partial charge in [-0.05, 0) is 0 Å². The van der Waals surface area contributed by atoms with Gasteiger partial charge in [-0.3, -0.25) is 37.1 Å². The van der Waals surface area contributed by atoms with Crippen molar-refractivity contribution in [2.75, 3.05) is 18.9 Å². The van der Waals surface area contributed by atoms with Crippen LogP contribution in [0.5, 0.6) is 0 Å². The van der Waals surface area contributed by atoms with E-state index in [9.17, 15) is 67.2 Å². The van der Waals surface area contributed by atoms with E-state index in [0.29, 0.717) is 4.57 Å². The largest absolute Gasteiger partial charge is 0.756 e. The number of imidazole rings is 1. The fourth-order valence-electron chi connectivity index (χ4n) is 5.18. The van der Waals surface area contributed by atoms with Crippen molar-refractivity contribution in [1.82, 2.24) is 29.1 Å². The second-order valence-electron chi connectivity index (χ2n) is 10.5. The number of nitrogen functional groups attached to an aromatic ring is 1. The zero-order valence-electron chi connectivity index (χ0n) is 24.4. The quantitative estimate of drug-likeness (QED) is 0.0756. The Labute approximate surface area is 275 Å². The molecule has 0 amide bonds. The zero-order valence-corrected chi connectivity index (χ0v) is 28.0. The molecular formula is C19H26N7O20P4-. The van der Waals surface area contributed by atoms with E-state index in [1.807, 2.05) is 4.98 Å². The average Bonchev–Trinajstić information content (AvgIpc) is 3.64. The Bertz CT molecular complexity index is 2060. The van der Waals surface area contributed by atoms with Crippen molar-refractivity contribution in [3.05, 3.63) is 45.8 Å². The fourth-order valence-corrected chi connectivity index (χ4v) is 8.46. The van der Waals surface area contributed by atoms with Crippen molar-refractivity contribution in [2.45, 2.75) is 48.6 Å². The molecule has 0 aliphatic carbocycles. The minimum Gasteiger partial charge on any atom is -0.756 e. The molecule has 2 aliphatic heterocycles. The van der Waals surface area contributed by atoms with Gasteiger partial charge in [-0.15, -0.1) is 0 Å². The average molecular weight is 796 g/mol. The maximum Gasteiger partial charge on any atom is 0.470 e. The number of nitrogens with zero attached hydrogens (tertiary/aromatic N) is 5. The van der Waals surface area contributed by atoms with Gasteiger partial charge in [0.25, 0.3) is 13.4 Å². The molecule has 0 spiro atoms. The smallest absolute Gasteiger partial charge is 0.470 e. The van der Waals surface area contributed by atoms with Crippen LogP contribution in [0.1, 0.15) is 18.9 Å². The Morgan fingerprint density at radius 3 is 2.34 bits per heavy atom. The monoisotopic (exact) mass is 796 g/mol. The molecule has 5 rings (SSSR count). The van der Waals surface area contributed by atoms with Gasteiger partial charge in [-0.25, -0.2) is 28.9 Å². The van der Waals surface area contributed by atoms with Gasteiger partial charge in [-0.1, -0.05) is 0 Å². The molecule has 3 aromatic heterocycles. The van der Waals surface area contributed by atoms with Gasteiger partial charge in [0.1, 0.15) is 49.1 Å². The standard InChI is InChI=1S/C19H27N7O20P4/c20-15-12-16(22-6-21-15)26(7-23-12)17-13(28)14(46-50(38,39)40)8(43-17)4-41-47(30,31)19(5-42-48(32,33)34)9(45-49(35,36)37)3-11(44-19)25-2-1-10(27)24-18(25)29/h1-2,6-9,11,13-14,17,28H,3-5H2,(H,30,31)(H2,20,21,22)(H,24,27,29)(H2,32,33,34)(H2,35,36,37)(H2,38,39,40)/p-1. The fraction of sp³-hybridized carbons (Fsp3) is 0.526. The molecule has 2 saturated heterocycles. The number of anilines is 1. The van der Waals surface area contributed by atoms with Crippen LogP contribution in [0.3, 0.4) is 0 Å². The summed E-state index contributed by atoms with van der Waals surface area (Å²) in [6, 6.07) is 0.788. The lowest BCUT2D eigenvalue weighted by Crippen LogP contribution is -2.46. The molecule has 0 aromatic carbocycles. The van der Waals surface area contributed by atoms with Crippen molar-refractivity contribution >= 4 is 48.0 Å². The van der Waals surface area contributed by atoms with Gasteiger partial charge in [0.05, 0.1) is 12.9 Å². The summed E-state index contributed by atoms with van der Waals surface area (Å²) in [5.41, 5.74) is 3.61. The maximum atomic E-state index is 14.0. The number of hydrogen-bond acceptors (Lipinski definition) is 18. The Morgan fingerprint density at radius 1 is 1.02 bits per heavy atom. The second kappa shape index (κ2) is 13.7. The highest BCUT2D eigenvalue weighted by Gasteiger charge is 2.65. The number of hydrogen-bond donors (Lipinski definition) is 9. The third-order valence-corrected chi connectivity index (χ3v) is 10.7. The normalized spacial score (nSPS) is 30.0. The number of H-pyrrole nitrogens is 1. The van der Waals surface area contributed by atoms with E-state index >= 15 is 0 Å². The van der Waals surface area contributed by atoms with Gasteiger partial charge in [0, 0.05) is 18.7 Å². The number of nitrogens with two attached hydrogens (primary N) is 1. The summed E-state index contributed by atoms with van der Waals surface area (Å²) in [6.07, 6.45) is -10.0. The van der Waals surface area contributed by atoms with Crippen LogP contribution in [0.4, 0.5) is 5.82 Å². The zero-order chi connectivity index (χ0) is 37.0. The summed E-state index contributed by atoms with van der Waals surface area (Å²) in [7, 11) is -22.9. The third kappa shape index (κ3) is 8.21. The summed E-state index contributed by atoms with van der Waals surface area (Å²) >= 11 is 0. The highest BCUT2D eigenvalue weighted by molar-refractivity contribution is 7.54. The highest BCUT2D eigenvalue weighted by Crippen LogP contribution is 2.66. The molecule has 27 nitrogen and oxygen atoms in total. The van der Waals surface area contributed by atoms with Crippen LogP contribution in [-0.2, 0) is 45.8 Å². The van der Waals surface area contributed by atoms with Gasteiger partial charge >= 0.3 is 28.9 Å². The number of aromatic amines is 1. The number of phosphoric ester groups is 3. The van der Waals surface area contributed by atoms with Crippen LogP contribution in [-0.4, -0.2) is 107 Å². The number of aliphatic hydroxyl groups is 1. The Kier molecular flexibility index (Phi) is 10.6. The first-order valence-electron chi connectivity index (χ1n) is 13.4. The number of rotatable bonds is 13. The molecule has 278 valence electrons. The van der Waals surface area contributed by atoms with E-state index in [1.54, 1.807) is 0 Å². The first-order valence-corrected chi connectivity index (χ1v) is 19.5. The summed E-state index contributed by atoms with van der Waals surface area (Å²) in [6.45, 7) is -3.02. The third-order valence-electron chi connectivity index (χ3n) is 7.24. The molecule has 0 saturated carbocycles. The van der Waals surface area contributed by atoms with E-state index in [2.05, 4.69) is 28.5 Å². The summed E-state index contributed by atoms with van der Waals surface area (Å²) in [5, 5.41) is 7.67. The second-order valence-corrected chi connectivity index (χ2v) is 16.1. The summed E-state index contributed by atoms with van der Waals surface area (Å²) in [4.78, 5) is 108. The van der Waals surface area contributed by atoms with Crippen LogP contribution < -0.4 is 21.9 Å². The van der Waals surface area contributed by atoms with E-state index in [4.69, 9.17) is 19.7 Å². The Hall–Kier alpha value is -2.61. The lowest BCUT2D eigenvalue weighted by Gasteiger charge is -2.37. The number of fused-ring (bicyclic) bond motifs is 1. The SMILES string of the molecule is Nc1ncnc2c1ncn2C1OC(COP(=O)(O)C2(COP(=O)(O)O)OC(n3ccc(=O)[nH]c3=O)CC2OP(=O)([O-])O)C(OP(=O)(O)O)C1O. The Morgan fingerprint density at radius 2 is 1.72 bits per heavy atom.